The number of nitro groups is 1. The molecular weight excluding hydrogens is 459 g/mol. The zero-order chi connectivity index (χ0) is 22.2. The number of nitro benzene ring substituents is 1. The average Bonchev–Trinajstić information content (AvgIpc) is 2.87. The van der Waals surface area contributed by atoms with Crippen LogP contribution in [0.3, 0.4) is 0 Å². The zero-order valence-corrected chi connectivity index (χ0v) is 17.5. The van der Waals surface area contributed by atoms with Crippen LogP contribution in [-0.4, -0.2) is 34.2 Å². The Bertz CT molecular complexity index is 1090. The minimum absolute atomic E-state index is 0.0625. The Morgan fingerprint density at radius 2 is 1.87 bits per heavy atom. The second kappa shape index (κ2) is 8.10. The van der Waals surface area contributed by atoms with Crippen LogP contribution in [0.15, 0.2) is 36.4 Å². The topological polar surface area (TPSA) is 122 Å². The van der Waals surface area contributed by atoms with E-state index in [0.717, 1.165) is 17.0 Å². The zero-order valence-electron chi connectivity index (χ0n) is 15.2. The van der Waals surface area contributed by atoms with Crippen LogP contribution in [0.4, 0.5) is 16.2 Å². The summed E-state index contributed by atoms with van der Waals surface area (Å²) >= 11 is 18.0. The highest BCUT2D eigenvalue weighted by Gasteiger charge is 2.50. The summed E-state index contributed by atoms with van der Waals surface area (Å²) in [6.45, 7) is 0.867. The molecule has 30 heavy (non-hydrogen) atoms. The van der Waals surface area contributed by atoms with Crippen molar-refractivity contribution in [1.29, 1.82) is 0 Å². The van der Waals surface area contributed by atoms with Gasteiger partial charge in [0, 0.05) is 27.7 Å². The second-order valence-electron chi connectivity index (χ2n) is 6.54. The Labute approximate surface area is 185 Å². The van der Waals surface area contributed by atoms with Crippen molar-refractivity contribution in [3.63, 3.8) is 0 Å². The van der Waals surface area contributed by atoms with Gasteiger partial charge in [0.05, 0.1) is 15.6 Å². The first kappa shape index (κ1) is 21.8. The number of rotatable bonds is 5. The molecule has 1 fully saturated rings. The summed E-state index contributed by atoms with van der Waals surface area (Å²) in [5.74, 6) is -1.40. The quantitative estimate of drug-likeness (QED) is 0.388. The van der Waals surface area contributed by atoms with Crippen LogP contribution in [0.25, 0.3) is 0 Å². The number of urea groups is 1. The van der Waals surface area contributed by atoms with Crippen LogP contribution in [0.1, 0.15) is 12.5 Å². The van der Waals surface area contributed by atoms with Gasteiger partial charge in [0.2, 0.25) is 5.91 Å². The molecule has 0 saturated carbocycles. The fourth-order valence-electron chi connectivity index (χ4n) is 2.97. The SMILES string of the molecule is CC1(c2ccc(Cl)cc2Cl)NC(=O)N(CC(=O)Nc2ccc([N+](=O)[O-])cc2Cl)C1=O. The number of carbonyl (C=O) groups excluding carboxylic acids is 3. The smallest absolute Gasteiger partial charge is 0.323 e. The maximum absolute atomic E-state index is 12.9. The van der Waals surface area contributed by atoms with Gasteiger partial charge in [-0.15, -0.1) is 0 Å². The number of hydrogen-bond acceptors (Lipinski definition) is 5. The molecule has 3 rings (SSSR count). The fraction of sp³-hybridized carbons (Fsp3) is 0.167. The number of non-ortho nitro benzene ring substituents is 1. The molecule has 2 N–H and O–H groups in total. The Hall–Kier alpha value is -2.88. The molecule has 0 spiro atoms. The molecule has 9 nitrogen and oxygen atoms in total. The predicted molar refractivity (Wildman–Crippen MR) is 111 cm³/mol. The van der Waals surface area contributed by atoms with Gasteiger partial charge in [-0.25, -0.2) is 4.79 Å². The number of hydrogen-bond donors (Lipinski definition) is 2. The third-order valence-electron chi connectivity index (χ3n) is 4.48. The van der Waals surface area contributed by atoms with Crippen LogP contribution in [0, 0.1) is 10.1 Å². The first-order valence-corrected chi connectivity index (χ1v) is 9.50. The van der Waals surface area contributed by atoms with E-state index in [-0.39, 0.29) is 21.4 Å². The number of carbonyl (C=O) groups is 3. The first-order valence-electron chi connectivity index (χ1n) is 8.36. The van der Waals surface area contributed by atoms with Gasteiger partial charge in [0.15, 0.2) is 0 Å². The summed E-state index contributed by atoms with van der Waals surface area (Å²) in [6.07, 6.45) is 0. The van der Waals surface area contributed by atoms with Gasteiger partial charge in [0.25, 0.3) is 11.6 Å². The van der Waals surface area contributed by atoms with E-state index >= 15 is 0 Å². The van der Waals surface area contributed by atoms with Gasteiger partial charge in [-0.1, -0.05) is 40.9 Å². The fourth-order valence-corrected chi connectivity index (χ4v) is 3.79. The predicted octanol–water partition coefficient (Wildman–Crippen LogP) is 3.96. The lowest BCUT2D eigenvalue weighted by Gasteiger charge is -2.23. The van der Waals surface area contributed by atoms with E-state index in [1.165, 1.54) is 31.2 Å². The number of nitrogens with one attached hydrogen (secondary N) is 2. The third-order valence-corrected chi connectivity index (χ3v) is 5.34. The minimum Gasteiger partial charge on any atom is -0.323 e. The normalized spacial score (nSPS) is 18.3. The van der Waals surface area contributed by atoms with Crippen molar-refractivity contribution in [3.05, 3.63) is 67.1 Å². The van der Waals surface area contributed by atoms with E-state index in [9.17, 15) is 24.5 Å². The molecule has 1 saturated heterocycles. The van der Waals surface area contributed by atoms with E-state index in [2.05, 4.69) is 10.6 Å². The lowest BCUT2D eigenvalue weighted by Crippen LogP contribution is -2.42. The van der Waals surface area contributed by atoms with Crippen LogP contribution in [0.2, 0.25) is 15.1 Å². The Balaban J connectivity index is 1.77. The van der Waals surface area contributed by atoms with Crippen molar-refractivity contribution >= 4 is 64.0 Å². The van der Waals surface area contributed by atoms with E-state index < -0.39 is 34.9 Å². The minimum atomic E-state index is -1.48. The number of amides is 4. The van der Waals surface area contributed by atoms with Crippen molar-refractivity contribution in [2.45, 2.75) is 12.5 Å². The summed E-state index contributed by atoms with van der Waals surface area (Å²) < 4.78 is 0. The molecule has 0 aliphatic carbocycles. The number of anilines is 1. The average molecular weight is 472 g/mol. The summed E-state index contributed by atoms with van der Waals surface area (Å²) in [5.41, 5.74) is -1.30. The molecule has 1 atom stereocenters. The standard InChI is InChI=1S/C18H13Cl3N4O5/c1-18(11-4-2-9(19)6-12(11)20)16(27)24(17(28)23-18)8-15(26)22-14-5-3-10(25(29)30)7-13(14)21/h2-7H,8H2,1H3,(H,22,26)(H,23,28). The lowest BCUT2D eigenvalue weighted by molar-refractivity contribution is -0.384. The Morgan fingerprint density at radius 3 is 2.47 bits per heavy atom. The maximum atomic E-state index is 12.9. The summed E-state index contributed by atoms with van der Waals surface area (Å²) in [4.78, 5) is 48.5. The largest absolute Gasteiger partial charge is 0.325 e. The molecule has 2 aromatic carbocycles. The molecule has 0 radical (unpaired) electrons. The van der Waals surface area contributed by atoms with Gasteiger partial charge in [-0.2, -0.15) is 0 Å². The molecule has 4 amide bonds. The summed E-state index contributed by atoms with van der Waals surface area (Å²) in [6, 6.07) is 7.19. The molecule has 0 aromatic heterocycles. The molecule has 1 aliphatic heterocycles. The van der Waals surface area contributed by atoms with Gasteiger partial charge >= 0.3 is 6.03 Å². The molecule has 2 aromatic rings. The van der Waals surface area contributed by atoms with Crippen LogP contribution in [-0.2, 0) is 15.1 Å². The van der Waals surface area contributed by atoms with Crippen LogP contribution >= 0.6 is 34.8 Å². The molecule has 1 heterocycles. The van der Waals surface area contributed by atoms with E-state index in [1.54, 1.807) is 0 Å². The van der Waals surface area contributed by atoms with Gasteiger partial charge < -0.3 is 10.6 Å². The molecule has 1 aliphatic rings. The van der Waals surface area contributed by atoms with E-state index in [4.69, 9.17) is 34.8 Å². The number of nitrogens with zero attached hydrogens (tertiary/aromatic N) is 2. The van der Waals surface area contributed by atoms with Crippen LogP contribution < -0.4 is 10.6 Å². The highest BCUT2D eigenvalue weighted by Crippen LogP contribution is 2.35. The van der Waals surface area contributed by atoms with E-state index in [0.29, 0.717) is 10.6 Å². The van der Waals surface area contributed by atoms with Crippen molar-refractivity contribution in [3.8, 4) is 0 Å². The van der Waals surface area contributed by atoms with Crippen molar-refractivity contribution in [1.82, 2.24) is 10.2 Å². The van der Waals surface area contributed by atoms with E-state index in [1.807, 2.05) is 0 Å². The van der Waals surface area contributed by atoms with Gasteiger partial charge in [-0.3, -0.25) is 24.6 Å². The number of imide groups is 1. The first-order chi connectivity index (χ1) is 14.0. The van der Waals surface area contributed by atoms with Crippen molar-refractivity contribution in [2.24, 2.45) is 0 Å². The van der Waals surface area contributed by atoms with Gasteiger partial charge in [0.1, 0.15) is 12.1 Å². The maximum Gasteiger partial charge on any atom is 0.325 e. The van der Waals surface area contributed by atoms with Gasteiger partial charge in [-0.05, 0) is 25.1 Å². The van der Waals surface area contributed by atoms with Crippen LogP contribution in [0.5, 0.6) is 0 Å². The third kappa shape index (κ3) is 4.04. The number of halogens is 3. The molecule has 156 valence electrons. The highest BCUT2D eigenvalue weighted by atomic mass is 35.5. The molecule has 0 bridgehead atoms. The Morgan fingerprint density at radius 1 is 1.17 bits per heavy atom. The molecule has 1 unspecified atom stereocenters. The summed E-state index contributed by atoms with van der Waals surface area (Å²) in [7, 11) is 0. The lowest BCUT2D eigenvalue weighted by atomic mass is 9.92. The summed E-state index contributed by atoms with van der Waals surface area (Å²) in [5, 5.41) is 16.2. The Kier molecular flexibility index (Phi) is 5.89. The number of benzene rings is 2. The van der Waals surface area contributed by atoms with Crippen molar-refractivity contribution < 1.29 is 19.3 Å². The molecular formula is C18H13Cl3N4O5. The van der Waals surface area contributed by atoms with Crippen molar-refractivity contribution in [2.75, 3.05) is 11.9 Å². The molecule has 12 heteroatoms. The monoisotopic (exact) mass is 470 g/mol. The second-order valence-corrected chi connectivity index (χ2v) is 7.79. The highest BCUT2D eigenvalue weighted by molar-refractivity contribution is 6.35.